The number of nitrogens with zero attached hydrogens (tertiary/aromatic N) is 5. The van der Waals surface area contributed by atoms with Gasteiger partial charge in [0.15, 0.2) is 6.17 Å². The molecule has 2 aliphatic rings. The van der Waals surface area contributed by atoms with Gasteiger partial charge in [0.1, 0.15) is 0 Å². The first kappa shape index (κ1) is 18.4. The first-order valence-corrected chi connectivity index (χ1v) is 9.62. The molecule has 1 aromatic heterocycles. The summed E-state index contributed by atoms with van der Waals surface area (Å²) in [5, 5.41) is 15.6. The first-order chi connectivity index (χ1) is 11.6. The number of hydrogen-bond donors (Lipinski definition) is 1. The largest absolute Gasteiger partial charge is 0.268 e. The third-order valence-corrected chi connectivity index (χ3v) is 6.23. The van der Waals surface area contributed by atoms with Crippen LogP contribution in [0.25, 0.3) is 0 Å². The molecule has 3 unspecified atom stereocenters. The monoisotopic (exact) mass is 346 g/mol. The van der Waals surface area contributed by atoms with Crippen molar-refractivity contribution in [2.24, 2.45) is 28.7 Å². The van der Waals surface area contributed by atoms with Gasteiger partial charge in [-0.05, 0) is 44.4 Å². The predicted octanol–water partition coefficient (Wildman–Crippen LogP) is 4.29. The van der Waals surface area contributed by atoms with Crippen LogP contribution in [0.4, 0.5) is 0 Å². The van der Waals surface area contributed by atoms with Crippen LogP contribution in [0, 0.1) is 11.3 Å². The van der Waals surface area contributed by atoms with Gasteiger partial charge >= 0.3 is 0 Å². The van der Waals surface area contributed by atoms with Crippen LogP contribution in [0.5, 0.6) is 0 Å². The fourth-order valence-electron chi connectivity index (χ4n) is 4.86. The minimum Gasteiger partial charge on any atom is -0.268 e. The lowest BCUT2D eigenvalue weighted by Gasteiger charge is -2.47. The van der Waals surface area contributed by atoms with Crippen LogP contribution in [-0.2, 0) is 18.9 Å². The third-order valence-electron chi connectivity index (χ3n) is 6.23. The molecule has 0 bridgehead atoms. The molecular weight excluding hydrogens is 312 g/mol. The fourth-order valence-corrected chi connectivity index (χ4v) is 4.86. The van der Waals surface area contributed by atoms with E-state index in [1.807, 2.05) is 16.8 Å². The highest BCUT2D eigenvalue weighted by Crippen LogP contribution is 2.51. The molecule has 0 spiro atoms. The number of hydrogen-bond acceptors (Lipinski definition) is 5. The summed E-state index contributed by atoms with van der Waals surface area (Å²) in [5.41, 5.74) is 7.63. The van der Waals surface area contributed by atoms with Gasteiger partial charge in [0, 0.05) is 18.0 Å². The third kappa shape index (κ3) is 2.88. The highest BCUT2D eigenvalue weighted by atomic mass is 15.8. The molecule has 0 saturated heterocycles. The van der Waals surface area contributed by atoms with Crippen LogP contribution in [-0.4, -0.2) is 20.9 Å². The van der Waals surface area contributed by atoms with E-state index in [1.165, 1.54) is 23.4 Å². The molecule has 0 radical (unpaired) electrons. The van der Waals surface area contributed by atoms with Gasteiger partial charge in [-0.25, -0.2) is 5.12 Å². The Morgan fingerprint density at radius 2 is 2.00 bits per heavy atom. The van der Waals surface area contributed by atoms with Crippen molar-refractivity contribution >= 4 is 0 Å². The average molecular weight is 347 g/mol. The average Bonchev–Trinajstić information content (AvgIpc) is 3.10. The Hall–Kier alpha value is -1.43. The van der Waals surface area contributed by atoms with Gasteiger partial charge in [0.2, 0.25) is 0 Å². The van der Waals surface area contributed by atoms with Gasteiger partial charge in [0.25, 0.3) is 0 Å². The Balaban J connectivity index is 2.02. The van der Waals surface area contributed by atoms with Gasteiger partial charge in [-0.15, -0.1) is 5.11 Å². The van der Waals surface area contributed by atoms with Gasteiger partial charge in [-0.3, -0.25) is 4.68 Å². The number of rotatable bonds is 3. The summed E-state index contributed by atoms with van der Waals surface area (Å²) >= 11 is 0. The molecular formula is C19H34N6. The van der Waals surface area contributed by atoms with E-state index in [1.54, 1.807) is 0 Å². The highest BCUT2D eigenvalue weighted by molar-refractivity contribution is 5.37. The minimum atomic E-state index is -0.129. The quantitative estimate of drug-likeness (QED) is 0.888. The zero-order valence-corrected chi connectivity index (χ0v) is 17.1. The van der Waals surface area contributed by atoms with Gasteiger partial charge < -0.3 is 0 Å². The number of nitrogens with one attached hydrogen (secondary N) is 1. The van der Waals surface area contributed by atoms with E-state index in [0.29, 0.717) is 5.92 Å². The van der Waals surface area contributed by atoms with Crippen LogP contribution < -0.4 is 5.43 Å². The lowest BCUT2D eigenvalue weighted by molar-refractivity contribution is 0.106. The molecule has 1 aliphatic carbocycles. The van der Waals surface area contributed by atoms with Crippen molar-refractivity contribution in [2.75, 3.05) is 0 Å². The second kappa shape index (κ2) is 6.08. The standard InChI is InChI=1S/C19H34N6/c1-9-19(7)14(18(4,5)6)11-10-13-15(24(8)21-16(13)19)17-20-23-25(22-17)12(2)3/h12,14,17,22H,9-11H2,1-8H3. The van der Waals surface area contributed by atoms with Gasteiger partial charge in [-0.1, -0.05) is 39.8 Å². The summed E-state index contributed by atoms with van der Waals surface area (Å²) in [4.78, 5) is 0. The molecule has 140 valence electrons. The van der Waals surface area contributed by atoms with Crippen molar-refractivity contribution in [3.8, 4) is 0 Å². The summed E-state index contributed by atoms with van der Waals surface area (Å²) in [7, 11) is 2.05. The van der Waals surface area contributed by atoms with Crippen LogP contribution in [0.3, 0.4) is 0 Å². The van der Waals surface area contributed by atoms with E-state index in [9.17, 15) is 0 Å². The van der Waals surface area contributed by atoms with E-state index in [0.717, 1.165) is 12.8 Å². The SMILES string of the molecule is CCC1(C)c2nn(C)c(C3N=NN(C(C)C)N3)c2CCC1C(C)(C)C. The van der Waals surface area contributed by atoms with E-state index < -0.39 is 0 Å². The second-order valence-electron chi connectivity index (χ2n) is 9.24. The van der Waals surface area contributed by atoms with E-state index in [2.05, 4.69) is 64.2 Å². The molecule has 1 aromatic rings. The maximum absolute atomic E-state index is 5.01. The minimum absolute atomic E-state index is 0.106. The highest BCUT2D eigenvalue weighted by Gasteiger charge is 2.48. The first-order valence-electron chi connectivity index (χ1n) is 9.62. The van der Waals surface area contributed by atoms with Crippen molar-refractivity contribution in [1.82, 2.24) is 20.3 Å². The molecule has 1 aliphatic heterocycles. The Labute approximate surface area is 152 Å². The second-order valence-corrected chi connectivity index (χ2v) is 9.24. The topological polar surface area (TPSA) is 57.8 Å². The molecule has 3 rings (SSSR count). The van der Waals surface area contributed by atoms with Crippen LogP contribution in [0.2, 0.25) is 0 Å². The Morgan fingerprint density at radius 3 is 2.52 bits per heavy atom. The van der Waals surface area contributed by atoms with Crippen LogP contribution in [0.15, 0.2) is 10.3 Å². The van der Waals surface area contributed by atoms with Gasteiger partial charge in [0.05, 0.1) is 17.4 Å². The molecule has 6 heteroatoms. The van der Waals surface area contributed by atoms with Crippen molar-refractivity contribution in [1.29, 1.82) is 0 Å². The van der Waals surface area contributed by atoms with Crippen LogP contribution in [0.1, 0.15) is 84.4 Å². The smallest absolute Gasteiger partial charge is 0.183 e. The van der Waals surface area contributed by atoms with Gasteiger partial charge in [-0.2, -0.15) is 10.5 Å². The molecule has 0 aromatic carbocycles. The van der Waals surface area contributed by atoms with Crippen molar-refractivity contribution in [2.45, 2.75) is 85.4 Å². The van der Waals surface area contributed by atoms with E-state index in [4.69, 9.17) is 5.10 Å². The number of hydrazine groups is 1. The Kier molecular flexibility index (Phi) is 4.46. The normalized spacial score (nSPS) is 29.6. The molecule has 25 heavy (non-hydrogen) atoms. The molecule has 6 nitrogen and oxygen atoms in total. The maximum Gasteiger partial charge on any atom is 0.183 e. The zero-order valence-electron chi connectivity index (χ0n) is 17.1. The van der Waals surface area contributed by atoms with E-state index >= 15 is 0 Å². The number of aromatic nitrogens is 2. The number of aryl methyl sites for hydroxylation is 1. The Morgan fingerprint density at radius 1 is 1.32 bits per heavy atom. The molecule has 0 amide bonds. The zero-order chi connectivity index (χ0) is 18.6. The van der Waals surface area contributed by atoms with E-state index in [-0.39, 0.29) is 23.0 Å². The molecule has 1 N–H and O–H groups in total. The Bertz CT molecular complexity index is 668. The summed E-state index contributed by atoms with van der Waals surface area (Å²) < 4.78 is 2.03. The predicted molar refractivity (Wildman–Crippen MR) is 99.8 cm³/mol. The molecule has 0 fully saturated rings. The lowest BCUT2D eigenvalue weighted by Crippen LogP contribution is -2.43. The van der Waals surface area contributed by atoms with Crippen molar-refractivity contribution < 1.29 is 0 Å². The fraction of sp³-hybridized carbons (Fsp3) is 0.842. The summed E-state index contributed by atoms with van der Waals surface area (Å²) in [6, 6.07) is 0.281. The summed E-state index contributed by atoms with van der Waals surface area (Å²) in [5.74, 6) is 0.630. The van der Waals surface area contributed by atoms with Crippen molar-refractivity contribution in [3.05, 3.63) is 17.0 Å². The molecule has 2 heterocycles. The number of fused-ring (bicyclic) bond motifs is 1. The van der Waals surface area contributed by atoms with Crippen LogP contribution >= 0.6 is 0 Å². The molecule has 3 atom stereocenters. The van der Waals surface area contributed by atoms with Crippen molar-refractivity contribution in [3.63, 3.8) is 0 Å². The lowest BCUT2D eigenvalue weighted by atomic mass is 9.57. The maximum atomic E-state index is 5.01. The summed E-state index contributed by atoms with van der Waals surface area (Å²) in [6.45, 7) is 16.0. The molecule has 0 saturated carbocycles. The summed E-state index contributed by atoms with van der Waals surface area (Å²) in [6.07, 6.45) is 3.26.